The van der Waals surface area contributed by atoms with Crippen LogP contribution in [0.15, 0.2) is 17.2 Å². The highest BCUT2D eigenvalue weighted by Gasteiger charge is 2.21. The van der Waals surface area contributed by atoms with Crippen molar-refractivity contribution < 1.29 is 15.0 Å². The molecule has 0 aliphatic rings. The first kappa shape index (κ1) is 15.1. The summed E-state index contributed by atoms with van der Waals surface area (Å²) in [4.78, 5) is 12.0. The number of aromatic hydroxyl groups is 2. The van der Waals surface area contributed by atoms with E-state index in [1.165, 1.54) is 6.07 Å². The van der Waals surface area contributed by atoms with Crippen LogP contribution in [0.5, 0.6) is 11.5 Å². The Morgan fingerprint density at radius 1 is 1.37 bits per heavy atom. The van der Waals surface area contributed by atoms with Crippen LogP contribution in [-0.2, 0) is 4.79 Å². The Morgan fingerprint density at radius 2 is 1.95 bits per heavy atom. The van der Waals surface area contributed by atoms with Crippen molar-refractivity contribution in [1.29, 1.82) is 0 Å². The minimum Gasteiger partial charge on any atom is -0.504 e. The summed E-state index contributed by atoms with van der Waals surface area (Å²) in [7, 11) is 0. The average Bonchev–Trinajstić information content (AvgIpc) is 2.24. The van der Waals surface area contributed by atoms with Gasteiger partial charge in [-0.3, -0.25) is 4.79 Å². The first-order chi connectivity index (χ1) is 8.65. The van der Waals surface area contributed by atoms with Gasteiger partial charge in [0.15, 0.2) is 17.2 Å². The molecule has 0 unspecified atom stereocenters. The van der Waals surface area contributed by atoms with Crippen molar-refractivity contribution in [3.05, 3.63) is 22.7 Å². The molecule has 5 N–H and O–H groups in total. The Kier molecular flexibility index (Phi) is 4.26. The molecule has 0 heterocycles. The Morgan fingerprint density at radius 3 is 2.37 bits per heavy atom. The average molecular weight is 286 g/mol. The minimum absolute atomic E-state index is 0.0906. The van der Waals surface area contributed by atoms with E-state index in [0.717, 1.165) is 6.07 Å². The lowest BCUT2D eigenvalue weighted by molar-refractivity contribution is -0.116. The van der Waals surface area contributed by atoms with E-state index in [-0.39, 0.29) is 16.3 Å². The number of phenolic OH excluding ortho intramolecular Hbond substituents is 2. The van der Waals surface area contributed by atoms with Gasteiger partial charge in [-0.2, -0.15) is 5.10 Å². The van der Waals surface area contributed by atoms with Crippen molar-refractivity contribution in [2.75, 3.05) is 0 Å². The number of carbonyl (C=O) groups excluding carboxylic acids is 1. The highest BCUT2D eigenvalue weighted by Crippen LogP contribution is 2.34. The number of nitrogens with two attached hydrogens (primary N) is 1. The normalized spacial score (nSPS) is 12.3. The summed E-state index contributed by atoms with van der Waals surface area (Å²) < 4.78 is 0. The highest BCUT2D eigenvalue weighted by atomic mass is 35.5. The van der Waals surface area contributed by atoms with Gasteiger partial charge in [0.2, 0.25) is 0 Å². The first-order valence-corrected chi connectivity index (χ1v) is 5.85. The number of hydrazone groups is 1. The van der Waals surface area contributed by atoms with Crippen molar-refractivity contribution in [2.45, 2.75) is 26.3 Å². The molecule has 0 spiro atoms. The molecule has 0 radical (unpaired) electrons. The molecule has 19 heavy (non-hydrogen) atoms. The zero-order valence-electron chi connectivity index (χ0n) is 10.9. The summed E-state index contributed by atoms with van der Waals surface area (Å²) in [5.74, 6) is 3.79. The van der Waals surface area contributed by atoms with Crippen molar-refractivity contribution in [2.24, 2.45) is 10.9 Å². The molecule has 0 atom stereocenters. The fourth-order valence-electron chi connectivity index (χ4n) is 1.39. The third kappa shape index (κ3) is 3.75. The molecule has 0 bridgehead atoms. The van der Waals surface area contributed by atoms with Crippen LogP contribution >= 0.6 is 11.6 Å². The Bertz CT molecular complexity index is 513. The third-order valence-electron chi connectivity index (χ3n) is 2.15. The largest absolute Gasteiger partial charge is 0.504 e. The topological polar surface area (TPSA) is 108 Å². The quantitative estimate of drug-likeness (QED) is 0.284. The number of carbonyl (C=O) groups is 1. The molecule has 1 amide bonds. The van der Waals surface area contributed by atoms with E-state index in [1.807, 2.05) is 0 Å². The molecule has 0 aliphatic heterocycles. The number of phenols is 2. The second kappa shape index (κ2) is 5.36. The molecule has 104 valence electrons. The number of hydrogen-bond donors (Lipinski definition) is 4. The van der Waals surface area contributed by atoms with Gasteiger partial charge in [-0.25, -0.2) is 0 Å². The molecular formula is C12H16ClN3O3. The lowest BCUT2D eigenvalue weighted by Gasteiger charge is -2.21. The molecule has 0 saturated heterocycles. The smallest absolute Gasteiger partial charge is 0.272 e. The van der Waals surface area contributed by atoms with Crippen molar-refractivity contribution in [3.8, 4) is 11.5 Å². The van der Waals surface area contributed by atoms with Crippen LogP contribution in [0.2, 0.25) is 5.02 Å². The molecule has 0 saturated carbocycles. The van der Waals surface area contributed by atoms with Gasteiger partial charge in [-0.1, -0.05) is 11.6 Å². The number of benzene rings is 1. The van der Waals surface area contributed by atoms with Crippen molar-refractivity contribution in [3.63, 3.8) is 0 Å². The van der Waals surface area contributed by atoms with E-state index in [2.05, 4.69) is 10.4 Å². The van der Waals surface area contributed by atoms with Gasteiger partial charge in [-0.05, 0) is 32.9 Å². The maximum absolute atomic E-state index is 12.0. The van der Waals surface area contributed by atoms with E-state index < -0.39 is 22.9 Å². The molecule has 7 heteroatoms. The van der Waals surface area contributed by atoms with Gasteiger partial charge in [0.1, 0.15) is 0 Å². The maximum atomic E-state index is 12.0. The van der Waals surface area contributed by atoms with Crippen LogP contribution in [-0.4, -0.2) is 27.4 Å². The Hall–Kier alpha value is -1.95. The molecule has 1 aromatic carbocycles. The van der Waals surface area contributed by atoms with Gasteiger partial charge in [0.25, 0.3) is 5.91 Å². The minimum atomic E-state index is -0.504. The summed E-state index contributed by atoms with van der Waals surface area (Å²) >= 11 is 5.72. The molecule has 0 aromatic heterocycles. The van der Waals surface area contributed by atoms with Crippen molar-refractivity contribution in [1.82, 2.24) is 5.32 Å². The maximum Gasteiger partial charge on any atom is 0.272 e. The first-order valence-electron chi connectivity index (χ1n) is 5.48. The highest BCUT2D eigenvalue weighted by molar-refractivity contribution is 6.46. The number of rotatable bonds is 2. The number of nitrogens with one attached hydrogen (secondary N) is 1. The van der Waals surface area contributed by atoms with Crippen LogP contribution < -0.4 is 11.2 Å². The van der Waals surface area contributed by atoms with Gasteiger partial charge >= 0.3 is 0 Å². The van der Waals surface area contributed by atoms with Crippen LogP contribution in [0.25, 0.3) is 0 Å². The number of hydrogen-bond acceptors (Lipinski definition) is 5. The lowest BCUT2D eigenvalue weighted by Crippen LogP contribution is -2.44. The summed E-state index contributed by atoms with van der Waals surface area (Å²) in [5, 5.41) is 24.8. The van der Waals surface area contributed by atoms with Crippen LogP contribution in [0.4, 0.5) is 0 Å². The van der Waals surface area contributed by atoms with Crippen LogP contribution in [0.3, 0.4) is 0 Å². The number of halogens is 1. The molecule has 1 aromatic rings. The predicted octanol–water partition coefficient (Wildman–Crippen LogP) is 1.33. The molecular weight excluding hydrogens is 270 g/mol. The molecule has 0 fully saturated rings. The van der Waals surface area contributed by atoms with E-state index in [9.17, 15) is 15.0 Å². The van der Waals surface area contributed by atoms with Crippen molar-refractivity contribution >= 4 is 23.2 Å². The summed E-state index contributed by atoms with van der Waals surface area (Å²) in [6, 6.07) is 2.46. The van der Waals surface area contributed by atoms with Gasteiger partial charge in [0.05, 0.1) is 5.02 Å². The second-order valence-electron chi connectivity index (χ2n) is 5.01. The zero-order chi connectivity index (χ0) is 14.8. The van der Waals surface area contributed by atoms with E-state index in [0.29, 0.717) is 0 Å². The lowest BCUT2D eigenvalue weighted by atomic mass is 10.1. The summed E-state index contributed by atoms with van der Waals surface area (Å²) in [6.07, 6.45) is 0. The number of nitrogens with zero attached hydrogens (tertiary/aromatic N) is 1. The molecule has 6 nitrogen and oxygen atoms in total. The fourth-order valence-corrected chi connectivity index (χ4v) is 1.60. The van der Waals surface area contributed by atoms with E-state index in [4.69, 9.17) is 17.4 Å². The van der Waals surface area contributed by atoms with E-state index in [1.54, 1.807) is 20.8 Å². The monoisotopic (exact) mass is 285 g/mol. The molecule has 0 aliphatic carbocycles. The zero-order valence-corrected chi connectivity index (χ0v) is 11.6. The van der Waals surface area contributed by atoms with Gasteiger partial charge in [-0.15, -0.1) is 0 Å². The van der Waals surface area contributed by atoms with Gasteiger partial charge in [0, 0.05) is 11.1 Å². The summed E-state index contributed by atoms with van der Waals surface area (Å²) in [6.45, 7) is 5.42. The molecule has 1 rings (SSSR count). The number of amides is 1. The predicted molar refractivity (Wildman–Crippen MR) is 73.4 cm³/mol. The summed E-state index contributed by atoms with van der Waals surface area (Å²) in [5.41, 5.74) is -0.341. The Balaban J connectivity index is 3.16. The van der Waals surface area contributed by atoms with Crippen LogP contribution in [0, 0.1) is 0 Å². The standard InChI is InChI=1S/C12H16ClN3O3/c1-12(2,3)15-11(19)9(16-14)6-4-7(13)10(18)8(17)5-6/h4-5,17-18H,14H2,1-3H3,(H,15,19)/b16-9-. The van der Waals surface area contributed by atoms with E-state index >= 15 is 0 Å². The second-order valence-corrected chi connectivity index (χ2v) is 5.41. The Labute approximate surface area is 115 Å². The van der Waals surface area contributed by atoms with Gasteiger partial charge < -0.3 is 21.4 Å². The third-order valence-corrected chi connectivity index (χ3v) is 2.44. The SMILES string of the molecule is CC(C)(C)NC(=O)/C(=N\N)c1cc(O)c(O)c(Cl)c1. The van der Waals surface area contributed by atoms with Crippen LogP contribution in [0.1, 0.15) is 26.3 Å². The fraction of sp³-hybridized carbons (Fsp3) is 0.333.